The van der Waals surface area contributed by atoms with Crippen LogP contribution in [0.5, 0.6) is 0 Å². The lowest BCUT2D eigenvalue weighted by Gasteiger charge is -2.34. The van der Waals surface area contributed by atoms with Crippen LogP contribution in [-0.2, 0) is 19.1 Å². The predicted molar refractivity (Wildman–Crippen MR) is 67.6 cm³/mol. The molecule has 108 valence electrons. The summed E-state index contributed by atoms with van der Waals surface area (Å²) in [5.74, 6) is -1.07. The lowest BCUT2D eigenvalue weighted by Crippen LogP contribution is -2.52. The lowest BCUT2D eigenvalue weighted by molar-refractivity contribution is -0.149. The van der Waals surface area contributed by atoms with Crippen LogP contribution < -0.4 is 0 Å². The van der Waals surface area contributed by atoms with Gasteiger partial charge in [0.15, 0.2) is 11.8 Å². The summed E-state index contributed by atoms with van der Waals surface area (Å²) in [5.41, 5.74) is -1.46. The van der Waals surface area contributed by atoms with E-state index in [1.54, 1.807) is 34.6 Å². The van der Waals surface area contributed by atoms with Crippen molar-refractivity contribution in [3.05, 3.63) is 0 Å². The number of carbonyl (C=O) groups excluding carboxylic acids is 3. The van der Waals surface area contributed by atoms with Gasteiger partial charge in [0.1, 0.15) is 5.60 Å². The van der Waals surface area contributed by atoms with E-state index in [2.05, 4.69) is 4.74 Å². The predicted octanol–water partition coefficient (Wildman–Crippen LogP) is 1.52. The van der Waals surface area contributed by atoms with Crippen molar-refractivity contribution in [2.45, 2.75) is 58.2 Å². The highest BCUT2D eigenvalue weighted by atomic mass is 16.6. The van der Waals surface area contributed by atoms with E-state index in [4.69, 9.17) is 4.74 Å². The molecule has 1 heterocycles. The molecule has 19 heavy (non-hydrogen) atoms. The van der Waals surface area contributed by atoms with Gasteiger partial charge in [-0.05, 0) is 34.6 Å². The van der Waals surface area contributed by atoms with E-state index in [0.29, 0.717) is 0 Å². The Labute approximate surface area is 113 Å². The van der Waals surface area contributed by atoms with Crippen LogP contribution in [0.25, 0.3) is 0 Å². The van der Waals surface area contributed by atoms with E-state index in [-0.39, 0.29) is 12.2 Å². The van der Waals surface area contributed by atoms with Crippen LogP contribution in [0, 0.1) is 0 Å². The fourth-order valence-corrected chi connectivity index (χ4v) is 2.11. The van der Waals surface area contributed by atoms with Crippen molar-refractivity contribution in [2.75, 3.05) is 7.11 Å². The second-order valence-electron chi connectivity index (χ2n) is 6.23. The average molecular weight is 271 g/mol. The number of amides is 1. The molecular formula is C13H21NO5. The Hall–Kier alpha value is -1.59. The molecule has 6 nitrogen and oxygen atoms in total. The second kappa shape index (κ2) is 4.83. The summed E-state index contributed by atoms with van der Waals surface area (Å²) in [4.78, 5) is 37.0. The van der Waals surface area contributed by atoms with Crippen molar-refractivity contribution >= 4 is 17.8 Å². The normalized spacial score (nSPS) is 22.3. The number of hydrogen-bond donors (Lipinski definition) is 0. The third-order valence-corrected chi connectivity index (χ3v) is 2.84. The molecule has 1 amide bonds. The number of carbonyl (C=O) groups is 3. The number of nitrogens with zero attached hydrogens (tertiary/aromatic N) is 1. The number of ether oxygens (including phenoxy) is 2. The van der Waals surface area contributed by atoms with E-state index in [0.717, 1.165) is 0 Å². The first-order valence-electron chi connectivity index (χ1n) is 6.12. The lowest BCUT2D eigenvalue weighted by atomic mass is 10.0. The maximum atomic E-state index is 12.2. The Morgan fingerprint density at radius 1 is 1.32 bits per heavy atom. The van der Waals surface area contributed by atoms with Gasteiger partial charge in [0, 0.05) is 12.0 Å². The summed E-state index contributed by atoms with van der Waals surface area (Å²) >= 11 is 0. The summed E-state index contributed by atoms with van der Waals surface area (Å²) in [6, 6.07) is -1.21. The summed E-state index contributed by atoms with van der Waals surface area (Å²) in [6.45, 7) is 8.62. The van der Waals surface area contributed by atoms with E-state index < -0.39 is 29.2 Å². The third-order valence-electron chi connectivity index (χ3n) is 2.84. The van der Waals surface area contributed by atoms with Crippen molar-refractivity contribution in [1.29, 1.82) is 0 Å². The van der Waals surface area contributed by atoms with Crippen LogP contribution in [-0.4, -0.2) is 47.0 Å². The van der Waals surface area contributed by atoms with E-state index in [1.807, 2.05) is 0 Å². The minimum Gasteiger partial charge on any atom is -0.467 e. The molecule has 0 aromatic rings. The topological polar surface area (TPSA) is 72.9 Å². The van der Waals surface area contributed by atoms with Crippen molar-refractivity contribution in [3.63, 3.8) is 0 Å². The second-order valence-corrected chi connectivity index (χ2v) is 6.23. The molecule has 1 atom stereocenters. The molecule has 1 fully saturated rings. The van der Waals surface area contributed by atoms with Gasteiger partial charge < -0.3 is 9.47 Å². The van der Waals surface area contributed by atoms with Gasteiger partial charge in [-0.25, -0.2) is 9.59 Å². The van der Waals surface area contributed by atoms with Gasteiger partial charge in [0.2, 0.25) is 0 Å². The molecule has 0 aromatic heterocycles. The smallest absolute Gasteiger partial charge is 0.411 e. The zero-order chi connectivity index (χ0) is 15.0. The quantitative estimate of drug-likeness (QED) is 0.534. The van der Waals surface area contributed by atoms with Gasteiger partial charge in [0.25, 0.3) is 0 Å². The van der Waals surface area contributed by atoms with Crippen LogP contribution in [0.15, 0.2) is 0 Å². The van der Waals surface area contributed by atoms with Crippen LogP contribution in [0.3, 0.4) is 0 Å². The number of hydrogen-bond acceptors (Lipinski definition) is 5. The molecule has 1 saturated heterocycles. The molecule has 0 aliphatic carbocycles. The summed E-state index contributed by atoms with van der Waals surface area (Å²) < 4.78 is 9.86. The van der Waals surface area contributed by atoms with Gasteiger partial charge in [-0.15, -0.1) is 0 Å². The summed E-state index contributed by atoms with van der Waals surface area (Å²) in [6.07, 6.45) is -0.579. The van der Waals surface area contributed by atoms with Crippen LogP contribution in [0.4, 0.5) is 4.79 Å². The molecule has 1 rings (SSSR count). The van der Waals surface area contributed by atoms with Crippen molar-refractivity contribution in [1.82, 2.24) is 4.90 Å². The Morgan fingerprint density at radius 3 is 2.26 bits per heavy atom. The molecule has 0 bridgehead atoms. The minimum atomic E-state index is -1.21. The van der Waals surface area contributed by atoms with Crippen molar-refractivity contribution in [3.8, 4) is 0 Å². The molecule has 1 aliphatic heterocycles. The SMILES string of the molecule is COC(=O)C1C(=O)CC(C)(C)N1C(=O)OC(C)(C)C. The first-order chi connectivity index (χ1) is 8.49. The Bertz CT molecular complexity index is 408. The van der Waals surface area contributed by atoms with Crippen LogP contribution in [0.2, 0.25) is 0 Å². The molecule has 0 aromatic carbocycles. The van der Waals surface area contributed by atoms with Gasteiger partial charge in [-0.3, -0.25) is 9.69 Å². The maximum absolute atomic E-state index is 12.2. The summed E-state index contributed by atoms with van der Waals surface area (Å²) in [7, 11) is 1.19. The highest BCUT2D eigenvalue weighted by molar-refractivity contribution is 6.08. The minimum absolute atomic E-state index is 0.103. The molecule has 1 aliphatic rings. The molecular weight excluding hydrogens is 250 g/mol. The first kappa shape index (κ1) is 15.5. The van der Waals surface area contributed by atoms with E-state index in [1.165, 1.54) is 12.0 Å². The van der Waals surface area contributed by atoms with Gasteiger partial charge in [0.05, 0.1) is 7.11 Å². The Balaban J connectivity index is 3.07. The van der Waals surface area contributed by atoms with Gasteiger partial charge in [-0.1, -0.05) is 0 Å². The zero-order valence-electron chi connectivity index (χ0n) is 12.3. The zero-order valence-corrected chi connectivity index (χ0v) is 12.3. The molecule has 0 radical (unpaired) electrons. The van der Waals surface area contributed by atoms with Crippen molar-refractivity contribution in [2.24, 2.45) is 0 Å². The number of rotatable bonds is 1. The molecule has 0 spiro atoms. The molecule has 0 N–H and O–H groups in total. The number of likely N-dealkylation sites (tertiary alicyclic amines) is 1. The molecule has 0 saturated carbocycles. The number of methoxy groups -OCH3 is 1. The van der Waals surface area contributed by atoms with Crippen LogP contribution >= 0.6 is 0 Å². The Kier molecular flexibility index (Phi) is 3.93. The highest BCUT2D eigenvalue weighted by Gasteiger charge is 2.53. The number of ketones is 1. The summed E-state index contributed by atoms with van der Waals surface area (Å²) in [5, 5.41) is 0. The fourth-order valence-electron chi connectivity index (χ4n) is 2.11. The maximum Gasteiger partial charge on any atom is 0.411 e. The Morgan fingerprint density at radius 2 is 1.84 bits per heavy atom. The van der Waals surface area contributed by atoms with Crippen LogP contribution in [0.1, 0.15) is 41.0 Å². The van der Waals surface area contributed by atoms with E-state index in [9.17, 15) is 14.4 Å². The molecule has 6 heteroatoms. The third kappa shape index (κ3) is 3.24. The number of Topliss-reactive ketones (excluding diaryl/α,β-unsaturated/α-hetero) is 1. The largest absolute Gasteiger partial charge is 0.467 e. The highest BCUT2D eigenvalue weighted by Crippen LogP contribution is 2.33. The molecule has 1 unspecified atom stereocenters. The monoisotopic (exact) mass is 271 g/mol. The van der Waals surface area contributed by atoms with Gasteiger partial charge in [-0.2, -0.15) is 0 Å². The standard InChI is InChI=1S/C13H21NO5/c1-12(2,3)19-11(17)14-9(10(16)18-6)8(15)7-13(14,4)5/h9H,7H2,1-6H3. The van der Waals surface area contributed by atoms with Crippen molar-refractivity contribution < 1.29 is 23.9 Å². The van der Waals surface area contributed by atoms with E-state index >= 15 is 0 Å². The van der Waals surface area contributed by atoms with Gasteiger partial charge >= 0.3 is 12.1 Å². The average Bonchev–Trinajstić information content (AvgIpc) is 2.44. The fraction of sp³-hybridized carbons (Fsp3) is 0.769. The first-order valence-corrected chi connectivity index (χ1v) is 6.12. The number of esters is 1.